The van der Waals surface area contributed by atoms with Crippen LogP contribution in [0.15, 0.2) is 12.1 Å². The zero-order chi connectivity index (χ0) is 9.56. The number of thiol groups is 1. The fourth-order valence-electron chi connectivity index (χ4n) is 0.904. The van der Waals surface area contributed by atoms with Gasteiger partial charge in [-0.3, -0.25) is 4.98 Å². The number of nitrogen functional groups attached to an aromatic ring is 1. The number of pyridine rings is 1. The maximum atomic E-state index is 5.64. The normalized spacial score (nSPS) is 8.67. The Labute approximate surface area is 79.6 Å². The molecule has 0 aromatic carbocycles. The zero-order valence-corrected chi connectivity index (χ0v) is 8.73. The monoisotopic (exact) mass is 184 g/mol. The van der Waals surface area contributed by atoms with Crippen LogP contribution in [-0.4, -0.2) is 11.2 Å². The minimum Gasteiger partial charge on any atom is -0.397 e. The van der Waals surface area contributed by atoms with E-state index in [9.17, 15) is 0 Å². The third-order valence-corrected chi connectivity index (χ3v) is 1.48. The van der Waals surface area contributed by atoms with Gasteiger partial charge in [0.2, 0.25) is 0 Å². The fraction of sp³-hybridized carbons (Fsp3) is 0.444. The van der Waals surface area contributed by atoms with Gasteiger partial charge in [-0.2, -0.15) is 12.6 Å². The van der Waals surface area contributed by atoms with Gasteiger partial charge in [0.05, 0.1) is 11.4 Å². The summed E-state index contributed by atoms with van der Waals surface area (Å²) in [4.78, 5) is 4.27. The number of aryl methyl sites for hydroxylation is 2. The van der Waals surface area contributed by atoms with Gasteiger partial charge in [-0.1, -0.05) is 6.92 Å². The number of hydrogen-bond donors (Lipinski definition) is 2. The van der Waals surface area contributed by atoms with Crippen molar-refractivity contribution in [2.45, 2.75) is 20.3 Å². The summed E-state index contributed by atoms with van der Waals surface area (Å²) in [5.41, 5.74) is 8.47. The second kappa shape index (κ2) is 5.89. The molecule has 0 aliphatic rings. The van der Waals surface area contributed by atoms with Crippen molar-refractivity contribution in [2.24, 2.45) is 0 Å². The molecule has 3 heteroatoms. The molecule has 0 amide bonds. The molecule has 0 saturated heterocycles. The highest BCUT2D eigenvalue weighted by Crippen LogP contribution is 2.08. The van der Waals surface area contributed by atoms with Crippen LogP contribution in [0, 0.1) is 6.92 Å². The first kappa shape index (κ1) is 11.3. The van der Waals surface area contributed by atoms with Gasteiger partial charge in [-0.15, -0.1) is 0 Å². The lowest BCUT2D eigenvalue weighted by molar-refractivity contribution is 1.01. The first-order valence-corrected chi connectivity index (χ1v) is 4.80. The van der Waals surface area contributed by atoms with E-state index in [0.29, 0.717) is 0 Å². The molecule has 0 fully saturated rings. The maximum Gasteiger partial charge on any atom is 0.0632 e. The van der Waals surface area contributed by atoms with Gasteiger partial charge in [-0.05, 0) is 31.7 Å². The van der Waals surface area contributed by atoms with Crippen LogP contribution in [0.25, 0.3) is 0 Å². The Morgan fingerprint density at radius 1 is 1.42 bits per heavy atom. The van der Waals surface area contributed by atoms with Crippen LogP contribution < -0.4 is 5.73 Å². The predicted octanol–water partition coefficient (Wildman–Crippen LogP) is 2.08. The molecule has 0 bridgehead atoms. The van der Waals surface area contributed by atoms with E-state index >= 15 is 0 Å². The van der Waals surface area contributed by atoms with Crippen molar-refractivity contribution in [3.8, 4) is 0 Å². The lowest BCUT2D eigenvalue weighted by Gasteiger charge is -2.01. The standard InChI is InChI=1S/C8H12N2.CH4S/c1-3-8-7(9)5-4-6(2)10-8;1-2/h4-5H,3,9H2,1-2H3;2H,1H3. The number of rotatable bonds is 1. The van der Waals surface area contributed by atoms with Gasteiger partial charge in [0, 0.05) is 5.69 Å². The molecule has 0 aliphatic carbocycles. The van der Waals surface area contributed by atoms with E-state index in [-0.39, 0.29) is 0 Å². The Hall–Kier alpha value is -0.700. The summed E-state index contributed by atoms with van der Waals surface area (Å²) >= 11 is 3.53. The Balaban J connectivity index is 0.000000561. The summed E-state index contributed by atoms with van der Waals surface area (Å²) in [6, 6.07) is 3.83. The van der Waals surface area contributed by atoms with Crippen molar-refractivity contribution < 1.29 is 0 Å². The highest BCUT2D eigenvalue weighted by molar-refractivity contribution is 7.79. The molecular formula is C9H16N2S. The summed E-state index contributed by atoms with van der Waals surface area (Å²) in [6.07, 6.45) is 2.60. The minimum atomic E-state index is 0.799. The lowest BCUT2D eigenvalue weighted by Crippen LogP contribution is -1.97. The summed E-state index contributed by atoms with van der Waals surface area (Å²) < 4.78 is 0. The average molecular weight is 184 g/mol. The molecule has 1 rings (SSSR count). The van der Waals surface area contributed by atoms with Crippen molar-refractivity contribution in [1.29, 1.82) is 0 Å². The molecular weight excluding hydrogens is 168 g/mol. The van der Waals surface area contributed by atoms with Gasteiger partial charge >= 0.3 is 0 Å². The number of anilines is 1. The second-order valence-corrected chi connectivity index (χ2v) is 2.34. The molecule has 0 spiro atoms. The molecule has 0 radical (unpaired) electrons. The van der Waals surface area contributed by atoms with Gasteiger partial charge in [0.25, 0.3) is 0 Å². The quantitative estimate of drug-likeness (QED) is 0.656. The van der Waals surface area contributed by atoms with E-state index in [1.165, 1.54) is 0 Å². The van der Waals surface area contributed by atoms with Crippen molar-refractivity contribution in [3.63, 3.8) is 0 Å². The van der Waals surface area contributed by atoms with Gasteiger partial charge < -0.3 is 5.73 Å². The average Bonchev–Trinajstić information content (AvgIpc) is 2.13. The van der Waals surface area contributed by atoms with Gasteiger partial charge in [-0.25, -0.2) is 0 Å². The van der Waals surface area contributed by atoms with Crippen molar-refractivity contribution in [1.82, 2.24) is 4.98 Å². The van der Waals surface area contributed by atoms with E-state index in [1.54, 1.807) is 6.26 Å². The molecule has 0 saturated carbocycles. The number of hydrogen-bond acceptors (Lipinski definition) is 3. The third kappa shape index (κ3) is 3.13. The van der Waals surface area contributed by atoms with E-state index < -0.39 is 0 Å². The lowest BCUT2D eigenvalue weighted by atomic mass is 10.2. The highest BCUT2D eigenvalue weighted by Gasteiger charge is 1.95. The molecule has 1 heterocycles. The van der Waals surface area contributed by atoms with Crippen LogP contribution in [0.2, 0.25) is 0 Å². The number of nitrogens with zero attached hydrogens (tertiary/aromatic N) is 1. The Kier molecular flexibility index (Phi) is 5.54. The summed E-state index contributed by atoms with van der Waals surface area (Å²) in [6.45, 7) is 4.02. The van der Waals surface area contributed by atoms with Crippen molar-refractivity contribution >= 4 is 18.3 Å². The van der Waals surface area contributed by atoms with Crippen LogP contribution in [0.5, 0.6) is 0 Å². The SMILES string of the molecule is CCc1nc(C)ccc1N.CS. The first-order valence-electron chi connectivity index (χ1n) is 3.90. The Bertz CT molecular complexity index is 236. The Morgan fingerprint density at radius 2 is 2.00 bits per heavy atom. The third-order valence-electron chi connectivity index (χ3n) is 1.48. The molecule has 0 atom stereocenters. The van der Waals surface area contributed by atoms with Crippen LogP contribution in [-0.2, 0) is 6.42 Å². The zero-order valence-electron chi connectivity index (χ0n) is 7.83. The molecule has 12 heavy (non-hydrogen) atoms. The smallest absolute Gasteiger partial charge is 0.0632 e. The summed E-state index contributed by atoms with van der Waals surface area (Å²) in [7, 11) is 0. The highest BCUT2D eigenvalue weighted by atomic mass is 32.1. The van der Waals surface area contributed by atoms with Crippen LogP contribution in [0.1, 0.15) is 18.3 Å². The first-order chi connectivity index (χ1) is 5.74. The molecule has 2 N–H and O–H groups in total. The number of nitrogens with two attached hydrogens (primary N) is 1. The van der Waals surface area contributed by atoms with E-state index in [4.69, 9.17) is 5.73 Å². The summed E-state index contributed by atoms with van der Waals surface area (Å²) in [5, 5.41) is 0. The molecule has 2 nitrogen and oxygen atoms in total. The Morgan fingerprint density at radius 3 is 2.42 bits per heavy atom. The molecule has 68 valence electrons. The van der Waals surface area contributed by atoms with E-state index in [2.05, 4.69) is 24.5 Å². The number of aromatic nitrogens is 1. The molecule has 1 aromatic rings. The second-order valence-electron chi connectivity index (χ2n) is 2.34. The maximum absolute atomic E-state index is 5.64. The fourth-order valence-corrected chi connectivity index (χ4v) is 0.904. The molecule has 0 unspecified atom stereocenters. The molecule has 1 aromatic heterocycles. The van der Waals surface area contributed by atoms with Gasteiger partial charge in [0.1, 0.15) is 0 Å². The van der Waals surface area contributed by atoms with Crippen LogP contribution in [0.4, 0.5) is 5.69 Å². The molecule has 0 aliphatic heterocycles. The van der Waals surface area contributed by atoms with Crippen molar-refractivity contribution in [3.05, 3.63) is 23.5 Å². The predicted molar refractivity (Wildman–Crippen MR) is 57.7 cm³/mol. The van der Waals surface area contributed by atoms with Crippen molar-refractivity contribution in [2.75, 3.05) is 12.0 Å². The topological polar surface area (TPSA) is 38.9 Å². The van der Waals surface area contributed by atoms with E-state index in [0.717, 1.165) is 23.5 Å². The summed E-state index contributed by atoms with van der Waals surface area (Å²) in [5.74, 6) is 0. The van der Waals surface area contributed by atoms with Crippen LogP contribution in [0.3, 0.4) is 0 Å². The largest absolute Gasteiger partial charge is 0.397 e. The minimum absolute atomic E-state index is 0.799. The van der Waals surface area contributed by atoms with E-state index in [1.807, 2.05) is 19.1 Å². The van der Waals surface area contributed by atoms with Gasteiger partial charge in [0.15, 0.2) is 0 Å². The van der Waals surface area contributed by atoms with Crippen LogP contribution >= 0.6 is 12.6 Å².